The first-order valence-corrected chi connectivity index (χ1v) is 6.09. The van der Waals surface area contributed by atoms with Gasteiger partial charge in [-0.3, -0.25) is 9.59 Å². The molecule has 0 radical (unpaired) electrons. The van der Waals surface area contributed by atoms with E-state index < -0.39 is 18.6 Å². The highest BCUT2D eigenvalue weighted by Gasteiger charge is 2.27. The van der Waals surface area contributed by atoms with E-state index >= 15 is 0 Å². The number of carbonyl (C=O) groups is 3. The topological polar surface area (TPSA) is 105 Å². The van der Waals surface area contributed by atoms with Gasteiger partial charge in [-0.1, -0.05) is 6.07 Å². The number of benzene rings is 1. The molecule has 0 spiro atoms. The van der Waals surface area contributed by atoms with E-state index in [0.717, 1.165) is 0 Å². The molecule has 1 heterocycles. The van der Waals surface area contributed by atoms with Gasteiger partial charge in [0.05, 0.1) is 0 Å². The molecule has 20 heavy (non-hydrogen) atoms. The normalized spacial score (nSPS) is 17.4. The van der Waals surface area contributed by atoms with Crippen LogP contribution in [-0.4, -0.2) is 35.5 Å². The molecule has 0 aromatic heterocycles. The molecule has 2 rings (SSSR count). The average Bonchev–Trinajstić information content (AvgIpc) is 2.84. The van der Waals surface area contributed by atoms with Gasteiger partial charge >= 0.3 is 5.97 Å². The van der Waals surface area contributed by atoms with E-state index in [-0.39, 0.29) is 11.8 Å². The summed E-state index contributed by atoms with van der Waals surface area (Å²) in [5, 5.41) is 13.7. The molecule has 1 aliphatic heterocycles. The van der Waals surface area contributed by atoms with Gasteiger partial charge in [-0.25, -0.2) is 4.79 Å². The summed E-state index contributed by atoms with van der Waals surface area (Å²) in [5.74, 6) is -1.16. The second-order valence-corrected chi connectivity index (χ2v) is 4.36. The summed E-state index contributed by atoms with van der Waals surface area (Å²) >= 11 is 0. The van der Waals surface area contributed by atoms with Crippen LogP contribution in [-0.2, 0) is 14.4 Å². The van der Waals surface area contributed by atoms with E-state index in [2.05, 4.69) is 10.6 Å². The average molecular weight is 278 g/mol. The molecule has 7 nitrogen and oxygen atoms in total. The molecule has 0 aliphatic carbocycles. The maximum atomic E-state index is 11.9. The number of nitrogens with one attached hydrogen (secondary N) is 2. The third-order valence-corrected chi connectivity index (χ3v) is 2.78. The Hall–Kier alpha value is -2.57. The summed E-state index contributed by atoms with van der Waals surface area (Å²) in [5.41, 5.74) is 0.485. The maximum absolute atomic E-state index is 11.9. The summed E-state index contributed by atoms with van der Waals surface area (Å²) in [4.78, 5) is 33.3. The number of carbonyl (C=O) groups excluding carboxylic acids is 2. The summed E-state index contributed by atoms with van der Waals surface area (Å²) in [7, 11) is 0. The number of rotatable bonds is 5. The monoisotopic (exact) mass is 278 g/mol. The lowest BCUT2D eigenvalue weighted by molar-refractivity contribution is -0.139. The Morgan fingerprint density at radius 2 is 2.25 bits per heavy atom. The molecule has 106 valence electrons. The third kappa shape index (κ3) is 3.71. The van der Waals surface area contributed by atoms with Crippen molar-refractivity contribution >= 4 is 23.5 Å². The van der Waals surface area contributed by atoms with Crippen molar-refractivity contribution in [1.29, 1.82) is 0 Å². The van der Waals surface area contributed by atoms with Gasteiger partial charge in [-0.2, -0.15) is 0 Å². The van der Waals surface area contributed by atoms with E-state index in [1.54, 1.807) is 18.2 Å². The minimum atomic E-state index is -1.08. The largest absolute Gasteiger partial charge is 0.482 e. The van der Waals surface area contributed by atoms with Gasteiger partial charge in [-0.15, -0.1) is 0 Å². The highest BCUT2D eigenvalue weighted by Crippen LogP contribution is 2.18. The number of carboxylic acid groups (broad SMARTS) is 1. The van der Waals surface area contributed by atoms with E-state index in [1.165, 1.54) is 6.07 Å². The number of carboxylic acids is 1. The smallest absolute Gasteiger partial charge is 0.341 e. The first-order valence-electron chi connectivity index (χ1n) is 6.09. The summed E-state index contributed by atoms with van der Waals surface area (Å²) < 4.78 is 5.01. The number of ether oxygens (including phenoxy) is 1. The van der Waals surface area contributed by atoms with Crippen LogP contribution in [0.25, 0.3) is 0 Å². The molecule has 1 saturated heterocycles. The molecule has 1 aromatic rings. The Kier molecular flexibility index (Phi) is 4.19. The standard InChI is InChI=1S/C13H14N2O5/c16-11-5-4-10(15-11)13(19)14-8-2-1-3-9(6-8)20-7-12(17)18/h1-3,6,10H,4-5,7H2,(H,14,19)(H,15,16)(H,17,18)/t10-/m1/s1. The molecule has 2 amide bonds. The second kappa shape index (κ2) is 6.05. The number of anilines is 1. The van der Waals surface area contributed by atoms with Crippen LogP contribution in [0.15, 0.2) is 24.3 Å². The molecule has 0 saturated carbocycles. The van der Waals surface area contributed by atoms with Crippen LogP contribution in [0, 0.1) is 0 Å². The summed E-state index contributed by atoms with van der Waals surface area (Å²) in [6, 6.07) is 5.89. The van der Waals surface area contributed by atoms with Gasteiger partial charge in [0, 0.05) is 18.2 Å². The first kappa shape index (κ1) is 13.9. The molecule has 3 N–H and O–H groups in total. The third-order valence-electron chi connectivity index (χ3n) is 2.78. The Morgan fingerprint density at radius 1 is 1.45 bits per heavy atom. The minimum Gasteiger partial charge on any atom is -0.482 e. The van der Waals surface area contributed by atoms with Gasteiger partial charge in [0.1, 0.15) is 11.8 Å². The zero-order valence-electron chi connectivity index (χ0n) is 10.6. The van der Waals surface area contributed by atoms with Crippen LogP contribution in [0.2, 0.25) is 0 Å². The van der Waals surface area contributed by atoms with Crippen LogP contribution in [0.4, 0.5) is 5.69 Å². The van der Waals surface area contributed by atoms with Gasteiger partial charge < -0.3 is 20.5 Å². The molecule has 1 fully saturated rings. The lowest BCUT2D eigenvalue weighted by Gasteiger charge is -2.11. The fourth-order valence-corrected chi connectivity index (χ4v) is 1.85. The Labute approximate surface area is 114 Å². The number of hydrogen-bond acceptors (Lipinski definition) is 4. The quantitative estimate of drug-likeness (QED) is 0.721. The predicted molar refractivity (Wildman–Crippen MR) is 69.4 cm³/mol. The lowest BCUT2D eigenvalue weighted by Crippen LogP contribution is -2.37. The summed E-state index contributed by atoms with van der Waals surface area (Å²) in [6.45, 7) is -0.448. The lowest BCUT2D eigenvalue weighted by atomic mass is 10.2. The van der Waals surface area contributed by atoms with E-state index in [0.29, 0.717) is 24.3 Å². The molecule has 0 unspecified atom stereocenters. The van der Waals surface area contributed by atoms with Crippen LogP contribution in [0.1, 0.15) is 12.8 Å². The van der Waals surface area contributed by atoms with Crippen molar-refractivity contribution in [3.63, 3.8) is 0 Å². The van der Waals surface area contributed by atoms with Crippen molar-refractivity contribution in [3.05, 3.63) is 24.3 Å². The van der Waals surface area contributed by atoms with Crippen LogP contribution >= 0.6 is 0 Å². The van der Waals surface area contributed by atoms with E-state index in [4.69, 9.17) is 9.84 Å². The molecule has 1 aliphatic rings. The van der Waals surface area contributed by atoms with Crippen molar-refractivity contribution in [2.45, 2.75) is 18.9 Å². The van der Waals surface area contributed by atoms with Crippen molar-refractivity contribution in [3.8, 4) is 5.75 Å². The van der Waals surface area contributed by atoms with Crippen LogP contribution < -0.4 is 15.4 Å². The molecule has 1 atom stereocenters. The SMILES string of the molecule is O=C(O)COc1cccc(NC(=O)[C@H]2CCC(=O)N2)c1. The molecule has 7 heteroatoms. The zero-order chi connectivity index (χ0) is 14.5. The van der Waals surface area contributed by atoms with Gasteiger partial charge in [0.15, 0.2) is 6.61 Å². The Balaban J connectivity index is 1.95. The second-order valence-electron chi connectivity index (χ2n) is 4.36. The fourth-order valence-electron chi connectivity index (χ4n) is 1.85. The van der Waals surface area contributed by atoms with Crippen molar-refractivity contribution in [1.82, 2.24) is 5.32 Å². The van der Waals surface area contributed by atoms with Gasteiger partial charge in [-0.05, 0) is 18.6 Å². The zero-order valence-corrected chi connectivity index (χ0v) is 10.6. The molecule has 0 bridgehead atoms. The van der Waals surface area contributed by atoms with Crippen molar-refractivity contribution < 1.29 is 24.2 Å². The highest BCUT2D eigenvalue weighted by atomic mass is 16.5. The Morgan fingerprint density at radius 3 is 2.90 bits per heavy atom. The predicted octanol–water partition coefficient (Wildman–Crippen LogP) is 0.367. The number of amides is 2. The minimum absolute atomic E-state index is 0.135. The Bertz CT molecular complexity index is 543. The number of hydrogen-bond donors (Lipinski definition) is 3. The summed E-state index contributed by atoms with van der Waals surface area (Å²) in [6.07, 6.45) is 0.819. The molecule has 1 aromatic carbocycles. The molecular formula is C13H14N2O5. The van der Waals surface area contributed by atoms with Gasteiger partial charge in [0.2, 0.25) is 11.8 Å². The number of aliphatic carboxylic acids is 1. The maximum Gasteiger partial charge on any atom is 0.341 e. The fraction of sp³-hybridized carbons (Fsp3) is 0.308. The first-order chi connectivity index (χ1) is 9.54. The van der Waals surface area contributed by atoms with Crippen LogP contribution in [0.5, 0.6) is 5.75 Å². The van der Waals surface area contributed by atoms with Crippen molar-refractivity contribution in [2.75, 3.05) is 11.9 Å². The highest BCUT2D eigenvalue weighted by molar-refractivity contribution is 5.99. The van der Waals surface area contributed by atoms with E-state index in [1.807, 2.05) is 0 Å². The molecular weight excluding hydrogens is 264 g/mol. The van der Waals surface area contributed by atoms with E-state index in [9.17, 15) is 14.4 Å². The van der Waals surface area contributed by atoms with Crippen LogP contribution in [0.3, 0.4) is 0 Å². The van der Waals surface area contributed by atoms with Crippen molar-refractivity contribution in [2.24, 2.45) is 0 Å². The van der Waals surface area contributed by atoms with Gasteiger partial charge in [0.25, 0.3) is 0 Å².